The van der Waals surface area contributed by atoms with Crippen LogP contribution in [0, 0.1) is 17.1 Å². The molecular weight excluding hydrogens is 395 g/mol. The van der Waals surface area contributed by atoms with Crippen molar-refractivity contribution in [1.82, 2.24) is 14.5 Å². The minimum atomic E-state index is -0.286. The molecule has 28 heavy (non-hydrogen) atoms. The van der Waals surface area contributed by atoms with E-state index in [-0.39, 0.29) is 17.9 Å². The van der Waals surface area contributed by atoms with E-state index in [0.717, 1.165) is 15.6 Å². The Kier molecular flexibility index (Phi) is 5.19. The number of halogens is 1. The zero-order chi connectivity index (χ0) is 19.5. The molecule has 2 heterocycles. The quantitative estimate of drug-likeness (QED) is 0.456. The summed E-state index contributed by atoms with van der Waals surface area (Å²) in [5.74, 6) is 0.665. The maximum Gasteiger partial charge on any atom is 0.262 e. The number of nitrogens with zero attached hydrogens (tertiary/aromatic N) is 4. The normalized spacial score (nSPS) is 10.9. The summed E-state index contributed by atoms with van der Waals surface area (Å²) in [6, 6.07) is 15.3. The molecule has 0 aliphatic rings. The predicted octanol–water partition coefficient (Wildman–Crippen LogP) is 4.47. The monoisotopic (exact) mass is 408 g/mol. The summed E-state index contributed by atoms with van der Waals surface area (Å²) in [6.07, 6.45) is 0. The van der Waals surface area contributed by atoms with Crippen molar-refractivity contribution in [3.8, 4) is 17.3 Å². The highest BCUT2D eigenvalue weighted by atomic mass is 32.2. The summed E-state index contributed by atoms with van der Waals surface area (Å²) < 4.78 is 15.3. The fourth-order valence-corrected chi connectivity index (χ4v) is 4.54. The first kappa shape index (κ1) is 18.3. The minimum Gasteiger partial charge on any atom is -0.281 e. The Bertz CT molecular complexity index is 1240. The van der Waals surface area contributed by atoms with Crippen LogP contribution in [0.3, 0.4) is 0 Å². The van der Waals surface area contributed by atoms with Crippen molar-refractivity contribution < 1.29 is 4.39 Å². The number of thiazole rings is 1. The molecule has 0 radical (unpaired) electrons. The van der Waals surface area contributed by atoms with Crippen LogP contribution in [0.4, 0.5) is 4.39 Å². The Morgan fingerprint density at radius 3 is 2.71 bits per heavy atom. The lowest BCUT2D eigenvalue weighted by atomic mass is 10.2. The smallest absolute Gasteiger partial charge is 0.262 e. The number of nitriles is 1. The Morgan fingerprint density at radius 1 is 1.14 bits per heavy atom. The Balaban J connectivity index is 1.61. The van der Waals surface area contributed by atoms with Crippen LogP contribution in [-0.2, 0) is 12.3 Å². The van der Waals surface area contributed by atoms with Crippen LogP contribution in [0.15, 0.2) is 63.0 Å². The van der Waals surface area contributed by atoms with Gasteiger partial charge in [-0.1, -0.05) is 23.9 Å². The molecular formula is C20H13FN4OS2. The highest BCUT2D eigenvalue weighted by Gasteiger charge is 2.12. The minimum absolute atomic E-state index is 0.0503. The van der Waals surface area contributed by atoms with Crippen LogP contribution in [0.2, 0.25) is 0 Å². The highest BCUT2D eigenvalue weighted by Crippen LogP contribution is 2.30. The van der Waals surface area contributed by atoms with Gasteiger partial charge in [-0.15, -0.1) is 11.3 Å². The van der Waals surface area contributed by atoms with E-state index >= 15 is 0 Å². The van der Waals surface area contributed by atoms with Crippen molar-refractivity contribution in [2.45, 2.75) is 16.6 Å². The van der Waals surface area contributed by atoms with Crippen molar-refractivity contribution >= 4 is 34.0 Å². The third-order valence-electron chi connectivity index (χ3n) is 4.12. The topological polar surface area (TPSA) is 71.6 Å². The molecule has 0 fully saturated rings. The van der Waals surface area contributed by atoms with E-state index in [0.29, 0.717) is 22.5 Å². The molecule has 2 aromatic carbocycles. The van der Waals surface area contributed by atoms with Crippen molar-refractivity contribution in [2.24, 2.45) is 0 Å². The molecule has 0 aliphatic heterocycles. The lowest BCUT2D eigenvalue weighted by molar-refractivity contribution is 0.628. The lowest BCUT2D eigenvalue weighted by Gasteiger charge is -2.09. The van der Waals surface area contributed by atoms with Crippen LogP contribution in [0.25, 0.3) is 22.2 Å². The Labute approximate surface area is 168 Å². The van der Waals surface area contributed by atoms with Crippen LogP contribution in [0.1, 0.15) is 5.82 Å². The van der Waals surface area contributed by atoms with Gasteiger partial charge >= 0.3 is 0 Å². The largest absolute Gasteiger partial charge is 0.281 e. The third kappa shape index (κ3) is 3.67. The predicted molar refractivity (Wildman–Crippen MR) is 109 cm³/mol. The maximum absolute atomic E-state index is 13.1. The number of rotatable bonds is 5. The summed E-state index contributed by atoms with van der Waals surface area (Å²) in [5, 5.41) is 11.5. The van der Waals surface area contributed by atoms with Crippen molar-refractivity contribution in [3.05, 3.63) is 75.9 Å². The van der Waals surface area contributed by atoms with Gasteiger partial charge in [0.15, 0.2) is 4.34 Å². The summed E-state index contributed by atoms with van der Waals surface area (Å²) in [4.78, 5) is 21.8. The number of hydrogen-bond donors (Lipinski definition) is 0. The average Bonchev–Trinajstić information content (AvgIpc) is 3.18. The first-order valence-electron chi connectivity index (χ1n) is 8.35. The third-order valence-corrected chi connectivity index (χ3v) is 6.13. The fraction of sp³-hybridized carbons (Fsp3) is 0.100. The number of hydrogen-bond acceptors (Lipinski definition) is 6. The van der Waals surface area contributed by atoms with E-state index in [4.69, 9.17) is 5.26 Å². The number of para-hydroxylation sites is 1. The summed E-state index contributed by atoms with van der Waals surface area (Å²) >= 11 is 2.92. The summed E-state index contributed by atoms with van der Waals surface area (Å²) in [7, 11) is 0. The molecule has 0 N–H and O–H groups in total. The molecule has 0 atom stereocenters. The summed E-state index contributed by atoms with van der Waals surface area (Å²) in [5.41, 5.74) is 2.01. The van der Waals surface area contributed by atoms with Gasteiger partial charge in [-0.25, -0.2) is 14.4 Å². The summed E-state index contributed by atoms with van der Waals surface area (Å²) in [6.45, 7) is -0.0503. The molecule has 5 nitrogen and oxygen atoms in total. The number of benzene rings is 2. The van der Waals surface area contributed by atoms with Gasteiger partial charge in [0, 0.05) is 10.9 Å². The van der Waals surface area contributed by atoms with Gasteiger partial charge in [-0.2, -0.15) is 5.26 Å². The van der Waals surface area contributed by atoms with Gasteiger partial charge in [0.1, 0.15) is 18.2 Å². The SMILES string of the molecule is N#CCn1c(CSc2nc(-c3ccc(F)cc3)cs2)nc2ccccc2c1=O. The average molecular weight is 408 g/mol. The number of thioether (sulfide) groups is 1. The number of aromatic nitrogens is 3. The van der Waals surface area contributed by atoms with Crippen LogP contribution >= 0.6 is 23.1 Å². The second-order valence-electron chi connectivity index (χ2n) is 5.89. The highest BCUT2D eigenvalue weighted by molar-refractivity contribution is 8.00. The molecule has 0 saturated carbocycles. The van der Waals surface area contributed by atoms with Crippen LogP contribution in [0.5, 0.6) is 0 Å². The van der Waals surface area contributed by atoms with E-state index in [9.17, 15) is 9.18 Å². The van der Waals surface area contributed by atoms with Crippen LogP contribution < -0.4 is 5.56 Å². The standard InChI is InChI=1S/C20H13FN4OS2/c21-14-7-5-13(6-8-14)17-11-27-20(24-17)28-12-18-23-16-4-2-1-3-15(16)19(26)25(18)10-9-22/h1-8,11H,10,12H2. The first-order valence-corrected chi connectivity index (χ1v) is 10.2. The van der Waals surface area contributed by atoms with Gasteiger partial charge < -0.3 is 0 Å². The second-order valence-corrected chi connectivity index (χ2v) is 7.97. The fourth-order valence-electron chi connectivity index (χ4n) is 2.76. The Morgan fingerprint density at radius 2 is 1.93 bits per heavy atom. The van der Waals surface area contributed by atoms with Crippen molar-refractivity contribution in [3.63, 3.8) is 0 Å². The van der Waals surface area contributed by atoms with Crippen molar-refractivity contribution in [1.29, 1.82) is 5.26 Å². The van der Waals surface area contributed by atoms with Crippen LogP contribution in [-0.4, -0.2) is 14.5 Å². The molecule has 8 heteroatoms. The van der Waals surface area contributed by atoms with E-state index in [1.165, 1.54) is 39.8 Å². The van der Waals surface area contributed by atoms with Gasteiger partial charge in [0.05, 0.1) is 28.4 Å². The second kappa shape index (κ2) is 7.92. The van der Waals surface area contributed by atoms with E-state index < -0.39 is 0 Å². The van der Waals surface area contributed by atoms with Gasteiger partial charge in [0.2, 0.25) is 0 Å². The molecule has 0 amide bonds. The number of fused-ring (bicyclic) bond motifs is 1. The molecule has 0 saturated heterocycles. The lowest BCUT2D eigenvalue weighted by Crippen LogP contribution is -2.24. The molecule has 4 rings (SSSR count). The van der Waals surface area contributed by atoms with Gasteiger partial charge in [-0.3, -0.25) is 9.36 Å². The Hall–Kier alpha value is -3.02. The van der Waals surface area contributed by atoms with Crippen molar-refractivity contribution in [2.75, 3.05) is 0 Å². The van der Waals surface area contributed by atoms with E-state index in [2.05, 4.69) is 9.97 Å². The molecule has 138 valence electrons. The molecule has 0 unspecified atom stereocenters. The molecule has 0 bridgehead atoms. The zero-order valence-electron chi connectivity index (χ0n) is 14.5. The van der Waals surface area contributed by atoms with E-state index in [1.54, 1.807) is 30.3 Å². The molecule has 4 aromatic rings. The van der Waals surface area contributed by atoms with Gasteiger partial charge in [0.25, 0.3) is 5.56 Å². The molecule has 0 aliphatic carbocycles. The van der Waals surface area contributed by atoms with Gasteiger partial charge in [-0.05, 0) is 36.4 Å². The molecule has 0 spiro atoms. The zero-order valence-corrected chi connectivity index (χ0v) is 16.1. The first-order chi connectivity index (χ1) is 13.7. The molecule has 2 aromatic heterocycles. The van der Waals surface area contributed by atoms with E-state index in [1.807, 2.05) is 17.5 Å². The maximum atomic E-state index is 13.1.